The van der Waals surface area contributed by atoms with E-state index in [9.17, 15) is 4.79 Å². The largest absolute Gasteiger partial charge is 0.339 e. The second-order valence-electron chi connectivity index (χ2n) is 6.46. The van der Waals surface area contributed by atoms with Crippen LogP contribution in [0.3, 0.4) is 0 Å². The summed E-state index contributed by atoms with van der Waals surface area (Å²) in [7, 11) is 0. The Balaban J connectivity index is 1.66. The molecular formula is C16H26N4O2. The number of rotatable bonds is 5. The molecule has 0 N–H and O–H groups in total. The second kappa shape index (κ2) is 6.77. The first-order valence-corrected chi connectivity index (χ1v) is 8.51. The van der Waals surface area contributed by atoms with Crippen molar-refractivity contribution >= 4 is 5.91 Å². The zero-order valence-electron chi connectivity index (χ0n) is 13.6. The highest BCUT2D eigenvalue weighted by atomic mass is 16.5. The normalized spacial score (nSPS) is 26.0. The highest BCUT2D eigenvalue weighted by Crippen LogP contribution is 2.30. The van der Waals surface area contributed by atoms with Crippen molar-refractivity contribution in [2.45, 2.75) is 71.0 Å². The molecule has 1 aromatic heterocycles. The average molecular weight is 306 g/mol. The van der Waals surface area contributed by atoms with Crippen LogP contribution >= 0.6 is 0 Å². The van der Waals surface area contributed by atoms with Crippen LogP contribution in [0.5, 0.6) is 0 Å². The molecule has 2 fully saturated rings. The van der Waals surface area contributed by atoms with Gasteiger partial charge in [0.15, 0.2) is 5.82 Å². The number of aromatic nitrogens is 2. The van der Waals surface area contributed by atoms with Gasteiger partial charge < -0.3 is 9.42 Å². The lowest BCUT2D eigenvalue weighted by atomic mass is 10.0. The van der Waals surface area contributed by atoms with Crippen molar-refractivity contribution in [3.05, 3.63) is 11.7 Å². The summed E-state index contributed by atoms with van der Waals surface area (Å²) in [5, 5.41) is 4.11. The number of carbonyl (C=O) groups excluding carboxylic acids is 1. The topological polar surface area (TPSA) is 62.5 Å². The molecule has 2 saturated heterocycles. The summed E-state index contributed by atoms with van der Waals surface area (Å²) in [6.45, 7) is 6.50. The van der Waals surface area contributed by atoms with Crippen LogP contribution < -0.4 is 0 Å². The molecule has 0 aromatic carbocycles. The third-order valence-electron chi connectivity index (χ3n) is 4.88. The standard InChI is InChI=1S/C16H26N4O2/c1-3-6-16-17-15(18-22-16)11-19-9-4-7-13(19)14-8-5-10-20(14)12(2)21/h13-14H,3-11H2,1-2H3/t13-,14-/m0/s1. The summed E-state index contributed by atoms with van der Waals surface area (Å²) in [5.41, 5.74) is 0. The SMILES string of the molecule is CCCc1nc(CN2CCC[C@H]2[C@@H]2CCCN2C(C)=O)no1. The maximum atomic E-state index is 11.8. The minimum Gasteiger partial charge on any atom is -0.339 e. The van der Waals surface area contributed by atoms with Crippen molar-refractivity contribution in [2.75, 3.05) is 13.1 Å². The molecule has 0 unspecified atom stereocenters. The quantitative estimate of drug-likeness (QED) is 0.832. The second-order valence-corrected chi connectivity index (χ2v) is 6.46. The van der Waals surface area contributed by atoms with Crippen LogP contribution in [0.2, 0.25) is 0 Å². The van der Waals surface area contributed by atoms with Gasteiger partial charge in [0.25, 0.3) is 0 Å². The number of nitrogens with zero attached hydrogens (tertiary/aromatic N) is 4. The highest BCUT2D eigenvalue weighted by molar-refractivity contribution is 5.74. The van der Waals surface area contributed by atoms with Crippen LogP contribution in [-0.4, -0.2) is 51.0 Å². The zero-order valence-corrected chi connectivity index (χ0v) is 13.6. The molecule has 0 spiro atoms. The summed E-state index contributed by atoms with van der Waals surface area (Å²) in [5.74, 6) is 1.72. The van der Waals surface area contributed by atoms with Crippen LogP contribution in [0.1, 0.15) is 57.7 Å². The molecule has 122 valence electrons. The maximum absolute atomic E-state index is 11.8. The number of aryl methyl sites for hydroxylation is 1. The van der Waals surface area contributed by atoms with Crippen LogP contribution in [0.4, 0.5) is 0 Å². The molecule has 3 heterocycles. The average Bonchev–Trinajstić information content (AvgIpc) is 3.19. The van der Waals surface area contributed by atoms with E-state index in [-0.39, 0.29) is 5.91 Å². The van der Waals surface area contributed by atoms with Gasteiger partial charge in [-0.2, -0.15) is 4.98 Å². The van der Waals surface area contributed by atoms with Crippen molar-refractivity contribution < 1.29 is 9.32 Å². The summed E-state index contributed by atoms with van der Waals surface area (Å²) < 4.78 is 5.28. The summed E-state index contributed by atoms with van der Waals surface area (Å²) >= 11 is 0. The molecule has 6 heteroatoms. The number of hydrogen-bond donors (Lipinski definition) is 0. The number of amides is 1. The van der Waals surface area contributed by atoms with E-state index in [1.54, 1.807) is 6.92 Å². The van der Waals surface area contributed by atoms with Gasteiger partial charge in [-0.3, -0.25) is 9.69 Å². The van der Waals surface area contributed by atoms with Crippen LogP contribution in [-0.2, 0) is 17.8 Å². The third-order valence-corrected chi connectivity index (χ3v) is 4.88. The molecule has 22 heavy (non-hydrogen) atoms. The molecule has 2 aliphatic rings. The van der Waals surface area contributed by atoms with Gasteiger partial charge in [0.05, 0.1) is 6.54 Å². The van der Waals surface area contributed by atoms with E-state index in [1.165, 1.54) is 6.42 Å². The van der Waals surface area contributed by atoms with Gasteiger partial charge in [0.2, 0.25) is 11.8 Å². The van der Waals surface area contributed by atoms with Gasteiger partial charge in [0, 0.05) is 32.0 Å². The molecule has 0 saturated carbocycles. The lowest BCUT2D eigenvalue weighted by molar-refractivity contribution is -0.130. The Morgan fingerprint density at radius 2 is 2.05 bits per heavy atom. The van der Waals surface area contributed by atoms with Crippen molar-refractivity contribution in [1.29, 1.82) is 0 Å². The van der Waals surface area contributed by atoms with Gasteiger partial charge >= 0.3 is 0 Å². The zero-order chi connectivity index (χ0) is 15.5. The molecule has 1 aromatic rings. The molecule has 0 bridgehead atoms. The van der Waals surface area contributed by atoms with E-state index in [0.717, 1.165) is 63.5 Å². The Morgan fingerprint density at radius 3 is 2.82 bits per heavy atom. The Morgan fingerprint density at radius 1 is 1.27 bits per heavy atom. The summed E-state index contributed by atoms with van der Waals surface area (Å²) in [6.07, 6.45) is 6.45. The fourth-order valence-corrected chi connectivity index (χ4v) is 3.92. The van der Waals surface area contributed by atoms with Crippen LogP contribution in [0.15, 0.2) is 4.52 Å². The van der Waals surface area contributed by atoms with Crippen molar-refractivity contribution in [1.82, 2.24) is 19.9 Å². The lowest BCUT2D eigenvalue weighted by Crippen LogP contribution is -2.47. The summed E-state index contributed by atoms with van der Waals surface area (Å²) in [6, 6.07) is 0.807. The first kappa shape index (κ1) is 15.5. The van der Waals surface area contributed by atoms with E-state index in [4.69, 9.17) is 4.52 Å². The predicted octanol–water partition coefficient (Wildman–Crippen LogP) is 2.00. The Hall–Kier alpha value is -1.43. The van der Waals surface area contributed by atoms with E-state index in [1.807, 2.05) is 0 Å². The minimum atomic E-state index is 0.208. The molecule has 0 aliphatic carbocycles. The predicted molar refractivity (Wildman–Crippen MR) is 82.1 cm³/mol. The summed E-state index contributed by atoms with van der Waals surface area (Å²) in [4.78, 5) is 20.8. The molecule has 3 rings (SSSR count). The Kier molecular flexibility index (Phi) is 4.76. The smallest absolute Gasteiger partial charge is 0.226 e. The third kappa shape index (κ3) is 3.16. The number of likely N-dealkylation sites (tertiary alicyclic amines) is 2. The fraction of sp³-hybridized carbons (Fsp3) is 0.812. The van der Waals surface area contributed by atoms with E-state index in [0.29, 0.717) is 12.1 Å². The van der Waals surface area contributed by atoms with Gasteiger partial charge in [-0.15, -0.1) is 0 Å². The van der Waals surface area contributed by atoms with E-state index >= 15 is 0 Å². The molecule has 6 nitrogen and oxygen atoms in total. The van der Waals surface area contributed by atoms with E-state index in [2.05, 4.69) is 26.9 Å². The molecular weight excluding hydrogens is 280 g/mol. The van der Waals surface area contributed by atoms with Crippen molar-refractivity contribution in [3.63, 3.8) is 0 Å². The van der Waals surface area contributed by atoms with Crippen LogP contribution in [0, 0.1) is 0 Å². The number of hydrogen-bond acceptors (Lipinski definition) is 5. The Bertz CT molecular complexity index is 516. The van der Waals surface area contributed by atoms with E-state index < -0.39 is 0 Å². The highest BCUT2D eigenvalue weighted by Gasteiger charge is 2.39. The fourth-order valence-electron chi connectivity index (χ4n) is 3.92. The maximum Gasteiger partial charge on any atom is 0.226 e. The van der Waals surface area contributed by atoms with Gasteiger partial charge in [-0.05, 0) is 38.6 Å². The van der Waals surface area contributed by atoms with Crippen LogP contribution in [0.25, 0.3) is 0 Å². The van der Waals surface area contributed by atoms with Gasteiger partial charge in [0.1, 0.15) is 0 Å². The Labute approximate surface area is 131 Å². The number of carbonyl (C=O) groups is 1. The first-order chi connectivity index (χ1) is 10.7. The van der Waals surface area contributed by atoms with Gasteiger partial charge in [-0.25, -0.2) is 0 Å². The first-order valence-electron chi connectivity index (χ1n) is 8.51. The molecule has 1 amide bonds. The molecule has 2 aliphatic heterocycles. The van der Waals surface area contributed by atoms with Crippen molar-refractivity contribution in [3.8, 4) is 0 Å². The van der Waals surface area contributed by atoms with Crippen molar-refractivity contribution in [2.24, 2.45) is 0 Å². The van der Waals surface area contributed by atoms with Gasteiger partial charge in [-0.1, -0.05) is 12.1 Å². The lowest BCUT2D eigenvalue weighted by Gasteiger charge is -2.34. The molecule has 2 atom stereocenters. The monoisotopic (exact) mass is 306 g/mol. The molecule has 0 radical (unpaired) electrons. The minimum absolute atomic E-state index is 0.208.